The third-order valence-electron chi connectivity index (χ3n) is 26.5. The Morgan fingerprint density at radius 2 is 0.680 bits per heavy atom. The highest BCUT2D eigenvalue weighted by molar-refractivity contribution is 5.78. The molecule has 0 spiro atoms. The molecular formula is C87H176O10. The fourth-order valence-corrected chi connectivity index (χ4v) is 16.8. The van der Waals surface area contributed by atoms with Gasteiger partial charge >= 0.3 is 29.8 Å². The standard InChI is InChI=1S/C17H28O2.C17H30O2.C15H28O2.C14H24O2.C14H26O2.10CH4/c1-5-16(2,3)15(18)19-17(4)10-11-9-14(17)13-8-6-7-12(11)13;1-8-14(2,3)13(18)19-17(7)11-12-9-10-16(17,6)15(12,4)5;1-5-14(2,3)13(16)17-15(4)11-9-7-6-8-10-12-15;1-5-13(2,3)12(15)16-14(4)9-10-6-7-11(14)8-10;1-5-13(2,3)12(15)16-14(4)10-8-6-7-9-11-14;;;;;;;;;;/h11-14H,5-10H2,1-4H3;12H,8-11H2,1-7H3;5-12H2,1-4H3;10-11H,5-9H2,1-4H3;5-11H2,1-4H3;10*1H4. The Labute approximate surface area is 608 Å². The smallest absolute Gasteiger partial charge is 0.312 e. The normalized spacial score (nSPS) is 30.1. The quantitative estimate of drug-likeness (QED) is 0.0887. The van der Waals surface area contributed by atoms with Crippen molar-refractivity contribution in [1.29, 1.82) is 0 Å². The molecule has 97 heavy (non-hydrogen) atoms. The largest absolute Gasteiger partial charge is 0.459 e. The molecule has 0 aromatic rings. The molecule has 10 heteroatoms. The Hall–Kier alpha value is -2.65. The third-order valence-corrected chi connectivity index (χ3v) is 26.5. The van der Waals surface area contributed by atoms with E-state index in [0.29, 0.717) is 17.8 Å². The molecule has 0 aromatic carbocycles. The topological polar surface area (TPSA) is 132 Å². The van der Waals surface area contributed by atoms with Gasteiger partial charge < -0.3 is 23.7 Å². The first-order chi connectivity index (χ1) is 40.0. The maximum absolute atomic E-state index is 12.5. The summed E-state index contributed by atoms with van der Waals surface area (Å²) in [4.78, 5) is 61.2. The summed E-state index contributed by atoms with van der Waals surface area (Å²) < 4.78 is 29.6. The molecule has 0 aromatic heterocycles. The summed E-state index contributed by atoms with van der Waals surface area (Å²) in [6, 6.07) is 0. The van der Waals surface area contributed by atoms with Crippen molar-refractivity contribution in [3.05, 3.63) is 0 Å². The molecular weight excluding hydrogens is 1200 g/mol. The molecule has 0 saturated heterocycles. The number of esters is 5. The average molecular weight is 1380 g/mol. The molecule has 0 N–H and O–H groups in total. The maximum atomic E-state index is 12.5. The lowest BCUT2D eigenvalue weighted by molar-refractivity contribution is -0.185. The fraction of sp³-hybridized carbons (Fsp3) is 0.943. The van der Waals surface area contributed by atoms with Gasteiger partial charge in [0.15, 0.2) is 0 Å². The number of rotatable bonds is 15. The molecule has 11 unspecified atom stereocenters. The number of hydrogen-bond donors (Lipinski definition) is 0. The van der Waals surface area contributed by atoms with E-state index in [1.807, 2.05) is 90.0 Å². The molecule has 0 aliphatic heterocycles. The Balaban J connectivity index is -0.000000261. The Morgan fingerprint density at radius 3 is 1.00 bits per heavy atom. The highest BCUT2D eigenvalue weighted by Crippen LogP contribution is 2.71. The van der Waals surface area contributed by atoms with E-state index in [0.717, 1.165) is 101 Å². The minimum Gasteiger partial charge on any atom is -0.459 e. The molecule has 9 fully saturated rings. The van der Waals surface area contributed by atoms with Gasteiger partial charge in [-0.25, -0.2) is 0 Å². The van der Waals surface area contributed by atoms with Crippen LogP contribution in [0.15, 0.2) is 0 Å². The molecule has 0 amide bonds. The molecule has 9 saturated carbocycles. The third kappa shape index (κ3) is 24.5. The van der Waals surface area contributed by atoms with E-state index in [1.54, 1.807) is 0 Å². The molecule has 9 aliphatic carbocycles. The summed E-state index contributed by atoms with van der Waals surface area (Å²) in [5, 5.41) is 0. The van der Waals surface area contributed by atoms with Crippen LogP contribution in [0.3, 0.4) is 0 Å². The van der Waals surface area contributed by atoms with Crippen molar-refractivity contribution in [3.8, 4) is 0 Å². The van der Waals surface area contributed by atoms with Gasteiger partial charge in [0.25, 0.3) is 0 Å². The molecule has 10 nitrogen and oxygen atoms in total. The fourth-order valence-electron chi connectivity index (χ4n) is 16.8. The lowest BCUT2D eigenvalue weighted by atomic mass is 9.65. The van der Waals surface area contributed by atoms with Crippen LogP contribution in [0.1, 0.15) is 426 Å². The van der Waals surface area contributed by atoms with Gasteiger partial charge in [-0.15, -0.1) is 0 Å². The van der Waals surface area contributed by atoms with Crippen LogP contribution >= 0.6 is 0 Å². The van der Waals surface area contributed by atoms with Crippen LogP contribution in [0.4, 0.5) is 0 Å². The van der Waals surface area contributed by atoms with Crippen LogP contribution in [-0.2, 0) is 47.7 Å². The second kappa shape index (κ2) is 40.4. The molecule has 6 bridgehead atoms. The van der Waals surface area contributed by atoms with Crippen molar-refractivity contribution in [2.75, 3.05) is 0 Å². The monoisotopic (exact) mass is 1380 g/mol. The zero-order valence-electron chi connectivity index (χ0n) is 60.8. The molecule has 0 radical (unpaired) electrons. The van der Waals surface area contributed by atoms with E-state index < -0.39 is 0 Å². The highest BCUT2D eigenvalue weighted by atomic mass is 16.6. The summed E-state index contributed by atoms with van der Waals surface area (Å²) in [6.45, 7) is 47.8. The second-order valence-electron chi connectivity index (χ2n) is 35.2. The lowest BCUT2D eigenvalue weighted by Crippen LogP contribution is -2.49. The summed E-state index contributed by atoms with van der Waals surface area (Å²) in [6.07, 6.45) is 34.6. The van der Waals surface area contributed by atoms with Crippen molar-refractivity contribution in [2.24, 2.45) is 79.3 Å². The lowest BCUT2D eigenvalue weighted by Gasteiger charge is -2.46. The van der Waals surface area contributed by atoms with Gasteiger partial charge in [-0.3, -0.25) is 24.0 Å². The molecule has 9 rings (SSSR count). The van der Waals surface area contributed by atoms with Gasteiger partial charge in [0.1, 0.15) is 28.0 Å². The van der Waals surface area contributed by atoms with Gasteiger partial charge in [-0.2, -0.15) is 0 Å². The number of ether oxygens (including phenoxy) is 5. The number of hydrogen-bond acceptors (Lipinski definition) is 10. The SMILES string of the molecule is C.C.C.C.C.C.C.C.C.C.CCC(C)(C)C(=O)OC1(C)CC2CC1C1CCCC21.CCC(C)(C)C(=O)OC1(C)CC2CCC1(C)C2(C)C.CCC(C)(C)C(=O)OC1(C)CC2CCC1C2.CCC(C)(C)C(=O)OC1(C)CCCCCC1.CCC(C)(C)C(=O)OC1(C)CCCCCCC1. The van der Waals surface area contributed by atoms with E-state index in [2.05, 4.69) is 69.2 Å². The minimum absolute atomic E-state index is 0. The molecule has 11 atom stereocenters. The Morgan fingerprint density at radius 1 is 0.340 bits per heavy atom. The van der Waals surface area contributed by atoms with E-state index in [1.165, 1.54) is 116 Å². The van der Waals surface area contributed by atoms with Crippen molar-refractivity contribution in [1.82, 2.24) is 0 Å². The van der Waals surface area contributed by atoms with E-state index in [-0.39, 0.29) is 170 Å². The predicted octanol–water partition coefficient (Wildman–Crippen LogP) is 27.2. The van der Waals surface area contributed by atoms with E-state index in [4.69, 9.17) is 23.7 Å². The van der Waals surface area contributed by atoms with Crippen LogP contribution in [-0.4, -0.2) is 57.9 Å². The maximum Gasteiger partial charge on any atom is 0.312 e. The zero-order chi connectivity index (χ0) is 65.7. The van der Waals surface area contributed by atoms with Crippen molar-refractivity contribution >= 4 is 29.8 Å². The molecule has 584 valence electrons. The van der Waals surface area contributed by atoms with Crippen molar-refractivity contribution < 1.29 is 47.7 Å². The first-order valence-corrected chi connectivity index (χ1v) is 36.2. The van der Waals surface area contributed by atoms with E-state index >= 15 is 0 Å². The van der Waals surface area contributed by atoms with Gasteiger partial charge in [0, 0.05) is 11.3 Å². The number of carbonyl (C=O) groups is 5. The highest BCUT2D eigenvalue weighted by Gasteiger charge is 2.69. The molecule has 0 heterocycles. The summed E-state index contributed by atoms with van der Waals surface area (Å²) in [5.41, 5.74) is -2.36. The summed E-state index contributed by atoms with van der Waals surface area (Å²) in [5.74, 6) is 5.33. The Bertz CT molecular complexity index is 2290. The minimum atomic E-state index is -0.370. The number of carbonyl (C=O) groups excluding carboxylic acids is 5. The zero-order valence-corrected chi connectivity index (χ0v) is 60.8. The van der Waals surface area contributed by atoms with Crippen molar-refractivity contribution in [3.63, 3.8) is 0 Å². The molecule has 9 aliphatic rings. The van der Waals surface area contributed by atoms with Gasteiger partial charge in [-0.05, 0) is 299 Å². The Kier molecular flexibility index (Phi) is 43.9. The van der Waals surface area contributed by atoms with Crippen LogP contribution in [0.25, 0.3) is 0 Å². The predicted molar refractivity (Wildman–Crippen MR) is 422 cm³/mol. The van der Waals surface area contributed by atoms with Crippen LogP contribution < -0.4 is 0 Å². The van der Waals surface area contributed by atoms with E-state index in [9.17, 15) is 24.0 Å². The first-order valence-electron chi connectivity index (χ1n) is 36.2. The van der Waals surface area contributed by atoms with Crippen LogP contribution in [0.5, 0.6) is 0 Å². The summed E-state index contributed by atoms with van der Waals surface area (Å²) >= 11 is 0. The van der Waals surface area contributed by atoms with Gasteiger partial charge in [0.2, 0.25) is 0 Å². The van der Waals surface area contributed by atoms with Crippen LogP contribution in [0, 0.1) is 79.3 Å². The van der Waals surface area contributed by atoms with Crippen molar-refractivity contribution in [2.45, 2.75) is 454 Å². The van der Waals surface area contributed by atoms with Crippen LogP contribution in [0.2, 0.25) is 0 Å². The van der Waals surface area contributed by atoms with Gasteiger partial charge in [0.05, 0.1) is 27.1 Å². The number of fused-ring (bicyclic) bond motifs is 9. The van der Waals surface area contributed by atoms with Gasteiger partial charge in [-0.1, -0.05) is 168 Å². The summed E-state index contributed by atoms with van der Waals surface area (Å²) in [7, 11) is 0. The second-order valence-corrected chi connectivity index (χ2v) is 35.2. The average Bonchev–Trinajstić information content (AvgIpc) is 1.54. The first kappa shape index (κ1) is 105.